The van der Waals surface area contributed by atoms with E-state index in [1.165, 1.54) is 11.8 Å². The van der Waals surface area contributed by atoms with Crippen molar-refractivity contribution in [1.82, 2.24) is 4.57 Å². The Morgan fingerprint density at radius 2 is 1.81 bits per heavy atom. The van der Waals surface area contributed by atoms with Gasteiger partial charge in [0.25, 0.3) is 0 Å². The summed E-state index contributed by atoms with van der Waals surface area (Å²) in [6.07, 6.45) is 3.81. The summed E-state index contributed by atoms with van der Waals surface area (Å²) in [6, 6.07) is 25.6. The second kappa shape index (κ2) is 9.02. The van der Waals surface area contributed by atoms with Crippen molar-refractivity contribution in [3.63, 3.8) is 0 Å². The number of anilines is 1. The Balaban J connectivity index is 1.44. The minimum Gasteiger partial charge on any atom is -0.342 e. The predicted octanol–water partition coefficient (Wildman–Crippen LogP) is 5.81. The quantitative estimate of drug-likeness (QED) is 0.280. The molecule has 0 aliphatic carbocycles. The molecular formula is C25H19ClN4OS. The van der Waals surface area contributed by atoms with Crippen LogP contribution in [0.4, 0.5) is 5.69 Å². The minimum atomic E-state index is 0.00766. The smallest absolute Gasteiger partial charge is 0.243 e. The van der Waals surface area contributed by atoms with Crippen LogP contribution in [0.5, 0.6) is 0 Å². The van der Waals surface area contributed by atoms with Gasteiger partial charge in [-0.25, -0.2) is 0 Å². The predicted molar refractivity (Wildman–Crippen MR) is 134 cm³/mol. The van der Waals surface area contributed by atoms with Gasteiger partial charge in [0.1, 0.15) is 0 Å². The van der Waals surface area contributed by atoms with Crippen LogP contribution in [-0.4, -0.2) is 27.6 Å². The number of rotatable bonds is 5. The molecule has 1 saturated heterocycles. The van der Waals surface area contributed by atoms with Gasteiger partial charge >= 0.3 is 0 Å². The molecule has 3 aromatic carbocycles. The highest BCUT2D eigenvalue weighted by molar-refractivity contribution is 8.15. The van der Waals surface area contributed by atoms with E-state index in [1.807, 2.05) is 60.7 Å². The summed E-state index contributed by atoms with van der Waals surface area (Å²) in [5.74, 6) is 0.371. The molecule has 0 N–H and O–H groups in total. The number of hydrogen-bond acceptors (Lipinski definition) is 4. The van der Waals surface area contributed by atoms with Crippen molar-refractivity contribution in [2.75, 3.05) is 10.7 Å². The van der Waals surface area contributed by atoms with Crippen LogP contribution in [0.1, 0.15) is 11.1 Å². The van der Waals surface area contributed by atoms with Crippen molar-refractivity contribution in [2.45, 2.75) is 6.54 Å². The van der Waals surface area contributed by atoms with Gasteiger partial charge in [0, 0.05) is 34.2 Å². The van der Waals surface area contributed by atoms with Gasteiger partial charge in [-0.05, 0) is 35.9 Å². The molecule has 0 atom stereocenters. The first-order valence-electron chi connectivity index (χ1n) is 10.1. The first-order chi connectivity index (χ1) is 15.7. The number of carbonyl (C=O) groups is 1. The van der Waals surface area contributed by atoms with Crippen LogP contribution in [0.2, 0.25) is 5.02 Å². The maximum atomic E-state index is 12.4. The topological polar surface area (TPSA) is 50.0 Å². The van der Waals surface area contributed by atoms with Crippen molar-refractivity contribution in [1.29, 1.82) is 0 Å². The number of aromatic nitrogens is 1. The molecule has 1 amide bonds. The van der Waals surface area contributed by atoms with Gasteiger partial charge in [-0.15, -0.1) is 5.10 Å². The van der Waals surface area contributed by atoms with Gasteiger partial charge in [-0.1, -0.05) is 71.9 Å². The molecular weight excluding hydrogens is 440 g/mol. The van der Waals surface area contributed by atoms with Gasteiger partial charge in [0.05, 0.1) is 17.7 Å². The highest BCUT2D eigenvalue weighted by atomic mass is 35.5. The molecule has 1 aliphatic rings. The van der Waals surface area contributed by atoms with E-state index in [9.17, 15) is 4.79 Å². The number of para-hydroxylation sites is 2. The fourth-order valence-electron chi connectivity index (χ4n) is 3.75. The first-order valence-corrected chi connectivity index (χ1v) is 11.5. The molecule has 0 radical (unpaired) electrons. The van der Waals surface area contributed by atoms with Crippen LogP contribution in [0.3, 0.4) is 0 Å². The Kier molecular flexibility index (Phi) is 5.79. The molecule has 5 nitrogen and oxygen atoms in total. The van der Waals surface area contributed by atoms with E-state index in [0.29, 0.717) is 17.5 Å². The third-order valence-electron chi connectivity index (χ3n) is 5.18. The fraction of sp³-hybridized carbons (Fsp3) is 0.0800. The molecule has 1 fully saturated rings. The third-order valence-corrected chi connectivity index (χ3v) is 6.33. The van der Waals surface area contributed by atoms with Crippen molar-refractivity contribution in [3.05, 3.63) is 101 Å². The Hall–Kier alpha value is -3.35. The second-order valence-electron chi connectivity index (χ2n) is 7.34. The monoisotopic (exact) mass is 458 g/mol. The van der Waals surface area contributed by atoms with E-state index in [1.54, 1.807) is 11.1 Å². The van der Waals surface area contributed by atoms with Crippen LogP contribution in [0, 0.1) is 0 Å². The molecule has 7 heteroatoms. The molecule has 32 heavy (non-hydrogen) atoms. The maximum Gasteiger partial charge on any atom is 0.243 e. The lowest BCUT2D eigenvalue weighted by Crippen LogP contribution is -2.28. The Morgan fingerprint density at radius 1 is 1.00 bits per heavy atom. The molecule has 2 heterocycles. The average Bonchev–Trinajstić information content (AvgIpc) is 3.35. The highest BCUT2D eigenvalue weighted by Crippen LogP contribution is 2.27. The summed E-state index contributed by atoms with van der Waals surface area (Å²) in [4.78, 5) is 14.0. The molecule has 0 unspecified atom stereocenters. The van der Waals surface area contributed by atoms with E-state index in [4.69, 9.17) is 11.6 Å². The first kappa shape index (κ1) is 20.5. The average molecular weight is 459 g/mol. The minimum absolute atomic E-state index is 0.00766. The molecule has 1 aliphatic heterocycles. The van der Waals surface area contributed by atoms with Crippen LogP contribution < -0.4 is 4.90 Å². The Labute approximate surface area is 195 Å². The number of fused-ring (bicyclic) bond motifs is 1. The summed E-state index contributed by atoms with van der Waals surface area (Å²) in [5, 5.41) is 11.1. The second-order valence-corrected chi connectivity index (χ2v) is 8.72. The van der Waals surface area contributed by atoms with Gasteiger partial charge < -0.3 is 4.57 Å². The zero-order valence-corrected chi connectivity index (χ0v) is 18.6. The normalized spacial score (nSPS) is 15.5. The van der Waals surface area contributed by atoms with Crippen LogP contribution in [0.15, 0.2) is 95.3 Å². The van der Waals surface area contributed by atoms with Crippen LogP contribution >= 0.6 is 23.4 Å². The molecule has 158 valence electrons. The van der Waals surface area contributed by atoms with Gasteiger partial charge in [0.15, 0.2) is 5.17 Å². The molecule has 0 saturated carbocycles. The number of amidine groups is 1. The standard InChI is InChI=1S/C25H19ClN4OS/c26-20-8-6-7-18(13-20)15-29-16-19(22-11-4-5-12-23(22)29)14-27-28-25-30(24(31)17-32-25)21-9-2-1-3-10-21/h1-14,16H,15,17H2. The Morgan fingerprint density at radius 3 is 2.66 bits per heavy atom. The summed E-state index contributed by atoms with van der Waals surface area (Å²) in [7, 11) is 0. The summed E-state index contributed by atoms with van der Waals surface area (Å²) >= 11 is 7.55. The zero-order chi connectivity index (χ0) is 21.9. The SMILES string of the molecule is O=C1CSC(=NN=Cc2cn(Cc3cccc(Cl)c3)c3ccccc23)N1c1ccccc1. The maximum absolute atomic E-state index is 12.4. The summed E-state index contributed by atoms with van der Waals surface area (Å²) < 4.78 is 2.18. The van der Waals surface area contributed by atoms with E-state index in [-0.39, 0.29) is 5.91 Å². The van der Waals surface area contributed by atoms with E-state index >= 15 is 0 Å². The summed E-state index contributed by atoms with van der Waals surface area (Å²) in [5.41, 5.74) is 4.00. The molecule has 5 rings (SSSR count). The fourth-order valence-corrected chi connectivity index (χ4v) is 4.78. The van der Waals surface area contributed by atoms with E-state index in [0.717, 1.165) is 32.7 Å². The molecule has 0 spiro atoms. The van der Waals surface area contributed by atoms with E-state index < -0.39 is 0 Å². The number of hydrogen-bond donors (Lipinski definition) is 0. The lowest BCUT2D eigenvalue weighted by Gasteiger charge is -2.14. The number of carbonyl (C=O) groups excluding carboxylic acids is 1. The van der Waals surface area contributed by atoms with Gasteiger partial charge in [0.2, 0.25) is 5.91 Å². The van der Waals surface area contributed by atoms with E-state index in [2.05, 4.69) is 39.2 Å². The summed E-state index contributed by atoms with van der Waals surface area (Å²) in [6.45, 7) is 0.704. The Bertz CT molecular complexity index is 1350. The largest absolute Gasteiger partial charge is 0.342 e. The lowest BCUT2D eigenvalue weighted by molar-refractivity contribution is -0.115. The van der Waals surface area contributed by atoms with Gasteiger partial charge in [-0.3, -0.25) is 9.69 Å². The highest BCUT2D eigenvalue weighted by Gasteiger charge is 2.29. The number of nitrogens with zero attached hydrogens (tertiary/aromatic N) is 4. The molecule has 0 bridgehead atoms. The van der Waals surface area contributed by atoms with Gasteiger partial charge in [-0.2, -0.15) is 5.10 Å². The van der Waals surface area contributed by atoms with Crippen molar-refractivity contribution in [3.8, 4) is 0 Å². The number of thioether (sulfide) groups is 1. The number of benzene rings is 3. The molecule has 1 aromatic heterocycles. The molecule has 4 aromatic rings. The number of amides is 1. The van der Waals surface area contributed by atoms with Crippen LogP contribution in [-0.2, 0) is 11.3 Å². The zero-order valence-electron chi connectivity index (χ0n) is 17.1. The number of halogens is 1. The third kappa shape index (κ3) is 4.20. The van der Waals surface area contributed by atoms with Crippen molar-refractivity contribution >= 4 is 57.2 Å². The van der Waals surface area contributed by atoms with Crippen LogP contribution in [0.25, 0.3) is 10.9 Å². The van der Waals surface area contributed by atoms with Crippen molar-refractivity contribution in [2.24, 2.45) is 10.2 Å². The van der Waals surface area contributed by atoms with Crippen molar-refractivity contribution < 1.29 is 4.79 Å². The lowest BCUT2D eigenvalue weighted by atomic mass is 10.2.